The second-order valence-corrected chi connectivity index (χ2v) is 7.63. The molecule has 2 heterocycles. The summed E-state index contributed by atoms with van der Waals surface area (Å²) in [6.07, 6.45) is 0.547. The number of carbonyl (C=O) groups excluding carboxylic acids is 1. The molecule has 1 saturated heterocycles. The molecular formula is C22H27ClN6O. The zero-order chi connectivity index (χ0) is 20.2. The molecular weight excluding hydrogens is 400 g/mol. The molecule has 0 spiro atoms. The highest BCUT2D eigenvalue weighted by Crippen LogP contribution is 2.33. The first-order chi connectivity index (χ1) is 14.2. The Morgan fingerprint density at radius 2 is 1.77 bits per heavy atom. The Balaban J connectivity index is 0.00000256. The van der Waals surface area contributed by atoms with Crippen molar-refractivity contribution in [3.05, 3.63) is 77.6 Å². The fraction of sp³-hybridized carbons (Fsp3) is 0.364. The maximum Gasteiger partial charge on any atom is 0.247 e. The zero-order valence-electron chi connectivity index (χ0n) is 17.0. The third-order valence-electron chi connectivity index (χ3n) is 5.79. The third kappa shape index (κ3) is 4.52. The number of halogens is 1. The Morgan fingerprint density at radius 3 is 2.37 bits per heavy atom. The summed E-state index contributed by atoms with van der Waals surface area (Å²) in [4.78, 5) is 15.5. The maximum absolute atomic E-state index is 13.6. The van der Waals surface area contributed by atoms with Crippen molar-refractivity contribution in [2.24, 2.45) is 11.7 Å². The molecule has 1 aromatic heterocycles. The van der Waals surface area contributed by atoms with Gasteiger partial charge in [0.2, 0.25) is 5.91 Å². The van der Waals surface area contributed by atoms with Crippen LogP contribution in [0.5, 0.6) is 0 Å². The van der Waals surface area contributed by atoms with Gasteiger partial charge in [0.25, 0.3) is 0 Å². The summed E-state index contributed by atoms with van der Waals surface area (Å²) >= 11 is 0. The molecule has 1 unspecified atom stereocenters. The minimum absolute atomic E-state index is 0. The first-order valence-electron chi connectivity index (χ1n) is 9.99. The number of likely N-dealkylation sites (tertiary alicyclic amines) is 1. The number of aromatic nitrogens is 4. The van der Waals surface area contributed by atoms with Gasteiger partial charge in [0.05, 0.1) is 0 Å². The zero-order valence-corrected chi connectivity index (χ0v) is 17.8. The van der Waals surface area contributed by atoms with E-state index in [1.54, 1.807) is 4.68 Å². The van der Waals surface area contributed by atoms with E-state index in [1.807, 2.05) is 60.4 Å². The van der Waals surface area contributed by atoms with Crippen molar-refractivity contribution in [3.8, 4) is 0 Å². The lowest BCUT2D eigenvalue weighted by molar-refractivity contribution is -0.134. The van der Waals surface area contributed by atoms with Crippen molar-refractivity contribution in [2.75, 3.05) is 19.6 Å². The van der Waals surface area contributed by atoms with Gasteiger partial charge in [0.1, 0.15) is 11.9 Å². The van der Waals surface area contributed by atoms with Gasteiger partial charge in [-0.2, -0.15) is 0 Å². The van der Waals surface area contributed by atoms with Crippen molar-refractivity contribution in [1.29, 1.82) is 0 Å². The number of amides is 1. The summed E-state index contributed by atoms with van der Waals surface area (Å²) in [5, 5.41) is 11.9. The molecule has 3 aromatic rings. The van der Waals surface area contributed by atoms with Crippen LogP contribution >= 0.6 is 12.4 Å². The van der Waals surface area contributed by atoms with Crippen LogP contribution < -0.4 is 5.73 Å². The van der Waals surface area contributed by atoms with Gasteiger partial charge in [-0.1, -0.05) is 60.7 Å². The lowest BCUT2D eigenvalue weighted by Crippen LogP contribution is -2.38. The molecule has 1 fully saturated rings. The Bertz CT molecular complexity index is 949. The minimum Gasteiger partial charge on any atom is -0.340 e. The summed E-state index contributed by atoms with van der Waals surface area (Å²) in [5.74, 6) is 1.17. The number of rotatable bonds is 6. The minimum atomic E-state index is -0.472. The molecule has 1 aliphatic rings. The monoisotopic (exact) mass is 426 g/mol. The number of nitrogens with zero attached hydrogens (tertiary/aromatic N) is 5. The molecule has 0 aliphatic carbocycles. The lowest BCUT2D eigenvalue weighted by Gasteiger charge is -2.24. The van der Waals surface area contributed by atoms with E-state index in [0.717, 1.165) is 5.56 Å². The van der Waals surface area contributed by atoms with E-state index < -0.39 is 6.04 Å². The number of nitrogens with two attached hydrogens (primary N) is 1. The number of hydrogen-bond donors (Lipinski definition) is 1. The quantitative estimate of drug-likeness (QED) is 0.653. The van der Waals surface area contributed by atoms with Crippen molar-refractivity contribution < 1.29 is 4.79 Å². The number of tetrazole rings is 1. The average Bonchev–Trinajstić information content (AvgIpc) is 3.39. The van der Waals surface area contributed by atoms with E-state index in [9.17, 15) is 4.79 Å². The van der Waals surface area contributed by atoms with E-state index in [4.69, 9.17) is 5.73 Å². The van der Waals surface area contributed by atoms with Crippen LogP contribution in [0.15, 0.2) is 60.7 Å². The van der Waals surface area contributed by atoms with E-state index in [1.165, 1.54) is 5.56 Å². The van der Waals surface area contributed by atoms with Gasteiger partial charge >= 0.3 is 0 Å². The van der Waals surface area contributed by atoms with E-state index in [0.29, 0.717) is 31.9 Å². The lowest BCUT2D eigenvalue weighted by atomic mass is 9.89. The van der Waals surface area contributed by atoms with E-state index >= 15 is 0 Å². The molecule has 8 heteroatoms. The fourth-order valence-corrected chi connectivity index (χ4v) is 4.22. The molecule has 7 nitrogen and oxygen atoms in total. The summed E-state index contributed by atoms with van der Waals surface area (Å²) in [7, 11) is 0. The van der Waals surface area contributed by atoms with Crippen molar-refractivity contribution >= 4 is 18.3 Å². The van der Waals surface area contributed by atoms with Crippen LogP contribution in [-0.2, 0) is 11.2 Å². The van der Waals surface area contributed by atoms with Gasteiger partial charge in [-0.05, 0) is 40.9 Å². The third-order valence-corrected chi connectivity index (χ3v) is 5.79. The Labute approximate surface area is 182 Å². The van der Waals surface area contributed by atoms with E-state index in [2.05, 4.69) is 27.7 Å². The van der Waals surface area contributed by atoms with Crippen LogP contribution in [0.25, 0.3) is 0 Å². The SMILES string of the molecule is Cc1nnnn1C(Cc1ccccc1)C(=O)N1C[C@@H](CN)[C@H](c2ccccc2)C1.Cl. The smallest absolute Gasteiger partial charge is 0.247 e. The number of carbonyl (C=O) groups is 1. The maximum atomic E-state index is 13.6. The Kier molecular flexibility index (Phi) is 7.18. The topological polar surface area (TPSA) is 89.9 Å². The molecule has 2 aromatic carbocycles. The predicted molar refractivity (Wildman–Crippen MR) is 117 cm³/mol. The second-order valence-electron chi connectivity index (χ2n) is 7.63. The molecule has 0 radical (unpaired) electrons. The van der Waals surface area contributed by atoms with Gasteiger partial charge in [0.15, 0.2) is 0 Å². The normalized spacial score (nSPS) is 19.3. The predicted octanol–water partition coefficient (Wildman–Crippen LogP) is 2.39. The molecule has 3 atom stereocenters. The van der Waals surface area contributed by atoms with Gasteiger partial charge < -0.3 is 10.6 Å². The van der Waals surface area contributed by atoms with Crippen LogP contribution in [0, 0.1) is 12.8 Å². The molecule has 0 saturated carbocycles. The van der Waals surface area contributed by atoms with Gasteiger partial charge in [-0.25, -0.2) is 4.68 Å². The molecule has 30 heavy (non-hydrogen) atoms. The van der Waals surface area contributed by atoms with Crippen LogP contribution in [0.1, 0.15) is 28.9 Å². The van der Waals surface area contributed by atoms with Gasteiger partial charge in [-0.15, -0.1) is 17.5 Å². The number of benzene rings is 2. The highest BCUT2D eigenvalue weighted by Gasteiger charge is 2.38. The van der Waals surface area contributed by atoms with Gasteiger partial charge in [0, 0.05) is 25.4 Å². The standard InChI is InChI=1S/C22H26N6O.ClH/c1-16-24-25-26-28(16)21(12-17-8-4-2-5-9-17)22(29)27-14-19(13-23)20(15-27)18-10-6-3-7-11-18;/h2-11,19-21H,12-15,23H2,1H3;1H/t19-,20+,21?;/m1./s1. The molecule has 2 N–H and O–H groups in total. The van der Waals surface area contributed by atoms with Crippen molar-refractivity contribution in [3.63, 3.8) is 0 Å². The fourth-order valence-electron chi connectivity index (χ4n) is 4.22. The van der Waals surface area contributed by atoms with Crippen molar-refractivity contribution in [1.82, 2.24) is 25.1 Å². The summed E-state index contributed by atoms with van der Waals surface area (Å²) in [6, 6.07) is 19.8. The second kappa shape index (κ2) is 9.82. The van der Waals surface area contributed by atoms with Crippen LogP contribution in [0.3, 0.4) is 0 Å². The molecule has 0 bridgehead atoms. The Hall–Kier alpha value is -2.77. The van der Waals surface area contributed by atoms with Crippen LogP contribution in [-0.4, -0.2) is 50.6 Å². The van der Waals surface area contributed by atoms with E-state index in [-0.39, 0.29) is 30.2 Å². The van der Waals surface area contributed by atoms with Gasteiger partial charge in [-0.3, -0.25) is 4.79 Å². The number of aryl methyl sites for hydroxylation is 1. The summed E-state index contributed by atoms with van der Waals surface area (Å²) < 4.78 is 1.64. The first kappa shape index (κ1) is 21.9. The largest absolute Gasteiger partial charge is 0.340 e. The molecule has 4 rings (SSSR count). The highest BCUT2D eigenvalue weighted by atomic mass is 35.5. The molecule has 158 valence electrons. The average molecular weight is 427 g/mol. The Morgan fingerprint density at radius 1 is 1.10 bits per heavy atom. The van der Waals surface area contributed by atoms with Crippen LogP contribution in [0.2, 0.25) is 0 Å². The molecule has 1 aliphatic heterocycles. The number of hydrogen-bond acceptors (Lipinski definition) is 5. The van der Waals surface area contributed by atoms with Crippen LogP contribution in [0.4, 0.5) is 0 Å². The first-order valence-corrected chi connectivity index (χ1v) is 9.99. The highest BCUT2D eigenvalue weighted by molar-refractivity contribution is 5.85. The summed E-state index contributed by atoms with van der Waals surface area (Å²) in [5.41, 5.74) is 8.38. The molecule has 1 amide bonds. The van der Waals surface area contributed by atoms with Crippen molar-refractivity contribution in [2.45, 2.75) is 25.3 Å². The summed E-state index contributed by atoms with van der Waals surface area (Å²) in [6.45, 7) is 3.69.